The molecule has 4 aromatic rings. The highest BCUT2D eigenvalue weighted by atomic mass is 35.5. The molecule has 0 fully saturated rings. The molecule has 2 aromatic carbocycles. The fraction of sp³-hybridized carbons (Fsp3) is 0.200. The molecular formula is C25H22ClN3O5. The quantitative estimate of drug-likeness (QED) is 0.399. The summed E-state index contributed by atoms with van der Waals surface area (Å²) in [6.07, 6.45) is 1.57. The maximum atomic E-state index is 13.5. The lowest BCUT2D eigenvalue weighted by Crippen LogP contribution is -2.29. The number of nitrogens with zero attached hydrogens (tertiary/aromatic N) is 2. The van der Waals surface area contributed by atoms with E-state index < -0.39 is 6.04 Å². The van der Waals surface area contributed by atoms with E-state index in [4.69, 9.17) is 25.5 Å². The Hall–Kier alpha value is -3.91. The monoisotopic (exact) mass is 479 g/mol. The first kappa shape index (κ1) is 21.9. The van der Waals surface area contributed by atoms with Crippen molar-refractivity contribution in [3.63, 3.8) is 0 Å². The fourth-order valence-electron chi connectivity index (χ4n) is 4.36. The molecule has 1 amide bonds. The summed E-state index contributed by atoms with van der Waals surface area (Å²) in [5.74, 6) is 1.54. The van der Waals surface area contributed by atoms with Crippen LogP contribution in [-0.4, -0.2) is 40.3 Å². The van der Waals surface area contributed by atoms with Gasteiger partial charge in [0.25, 0.3) is 5.91 Å². The molecule has 0 saturated heterocycles. The van der Waals surface area contributed by atoms with Gasteiger partial charge in [0.15, 0.2) is 11.5 Å². The Morgan fingerprint density at radius 1 is 1.18 bits per heavy atom. The van der Waals surface area contributed by atoms with E-state index in [0.717, 1.165) is 11.1 Å². The van der Waals surface area contributed by atoms with Gasteiger partial charge in [-0.2, -0.15) is 5.10 Å². The SMILES string of the molecule is COc1ccc(C2c3c(-c4cc(Cl)c(C)cc4O)n[nH]c3C(=O)N2Cc2ccco2)cc1OC. The molecule has 3 heterocycles. The lowest BCUT2D eigenvalue weighted by Gasteiger charge is -2.26. The van der Waals surface area contributed by atoms with Crippen LogP contribution < -0.4 is 9.47 Å². The number of phenols is 1. The molecule has 34 heavy (non-hydrogen) atoms. The maximum Gasteiger partial charge on any atom is 0.273 e. The van der Waals surface area contributed by atoms with Gasteiger partial charge >= 0.3 is 0 Å². The van der Waals surface area contributed by atoms with Crippen LogP contribution in [0.3, 0.4) is 0 Å². The van der Waals surface area contributed by atoms with Crippen molar-refractivity contribution in [1.29, 1.82) is 0 Å². The summed E-state index contributed by atoms with van der Waals surface area (Å²) < 4.78 is 16.4. The van der Waals surface area contributed by atoms with Crippen LogP contribution in [0.2, 0.25) is 5.02 Å². The van der Waals surface area contributed by atoms with Gasteiger partial charge in [-0.15, -0.1) is 0 Å². The lowest BCUT2D eigenvalue weighted by molar-refractivity contribution is 0.0717. The summed E-state index contributed by atoms with van der Waals surface area (Å²) >= 11 is 6.36. The highest BCUT2D eigenvalue weighted by molar-refractivity contribution is 6.31. The van der Waals surface area contributed by atoms with Crippen molar-refractivity contribution in [3.05, 3.63) is 81.9 Å². The van der Waals surface area contributed by atoms with E-state index >= 15 is 0 Å². The zero-order valence-corrected chi connectivity index (χ0v) is 19.5. The molecule has 0 aliphatic carbocycles. The molecule has 1 aliphatic rings. The van der Waals surface area contributed by atoms with Gasteiger partial charge in [0.2, 0.25) is 0 Å². The Morgan fingerprint density at radius 3 is 2.68 bits per heavy atom. The van der Waals surface area contributed by atoms with Crippen molar-refractivity contribution in [3.8, 4) is 28.5 Å². The van der Waals surface area contributed by atoms with Crippen LogP contribution in [0.25, 0.3) is 11.3 Å². The minimum atomic E-state index is -0.527. The number of aryl methyl sites for hydroxylation is 1. The number of ether oxygens (including phenoxy) is 2. The number of carbonyl (C=O) groups excluding carboxylic acids is 1. The number of H-pyrrole nitrogens is 1. The number of rotatable bonds is 6. The predicted octanol–water partition coefficient (Wildman–Crippen LogP) is 5.10. The third kappa shape index (κ3) is 3.47. The summed E-state index contributed by atoms with van der Waals surface area (Å²) in [6.45, 7) is 2.05. The van der Waals surface area contributed by atoms with Crippen LogP contribution in [0, 0.1) is 6.92 Å². The van der Waals surface area contributed by atoms with Gasteiger partial charge in [-0.25, -0.2) is 0 Å². The minimum absolute atomic E-state index is 0.0270. The zero-order chi connectivity index (χ0) is 24.0. The van der Waals surface area contributed by atoms with Crippen LogP contribution >= 0.6 is 11.6 Å². The number of hydrogen-bond acceptors (Lipinski definition) is 6. The number of fused-ring (bicyclic) bond motifs is 1. The van der Waals surface area contributed by atoms with Crippen LogP contribution in [-0.2, 0) is 6.54 Å². The van der Waals surface area contributed by atoms with Crippen LogP contribution in [0.5, 0.6) is 17.2 Å². The van der Waals surface area contributed by atoms with Crippen molar-refractivity contribution >= 4 is 17.5 Å². The third-order valence-corrected chi connectivity index (χ3v) is 6.43. The molecule has 0 radical (unpaired) electrons. The molecule has 2 N–H and O–H groups in total. The fourth-order valence-corrected chi connectivity index (χ4v) is 4.52. The molecule has 5 rings (SSSR count). The van der Waals surface area contributed by atoms with Crippen molar-refractivity contribution in [2.45, 2.75) is 19.5 Å². The molecule has 8 nitrogen and oxygen atoms in total. The van der Waals surface area contributed by atoms with E-state index in [0.29, 0.717) is 44.8 Å². The number of phenolic OH excluding ortho intramolecular Hbond substituents is 1. The lowest BCUT2D eigenvalue weighted by atomic mass is 9.95. The first-order valence-corrected chi connectivity index (χ1v) is 10.9. The number of aromatic amines is 1. The third-order valence-electron chi connectivity index (χ3n) is 6.03. The number of nitrogens with one attached hydrogen (secondary N) is 1. The van der Waals surface area contributed by atoms with Crippen molar-refractivity contribution in [2.75, 3.05) is 14.2 Å². The average molecular weight is 480 g/mol. The summed E-state index contributed by atoms with van der Waals surface area (Å²) in [4.78, 5) is 15.2. The summed E-state index contributed by atoms with van der Waals surface area (Å²) in [6, 6.07) is 11.8. The number of aromatic hydroxyl groups is 1. The molecular weight excluding hydrogens is 458 g/mol. The molecule has 1 aliphatic heterocycles. The maximum absolute atomic E-state index is 13.5. The van der Waals surface area contributed by atoms with Crippen LogP contribution in [0.15, 0.2) is 53.1 Å². The zero-order valence-electron chi connectivity index (χ0n) is 18.8. The smallest absolute Gasteiger partial charge is 0.273 e. The molecule has 0 spiro atoms. The predicted molar refractivity (Wildman–Crippen MR) is 125 cm³/mol. The number of aromatic nitrogens is 2. The highest BCUT2D eigenvalue weighted by Crippen LogP contribution is 2.47. The van der Waals surface area contributed by atoms with Gasteiger partial charge in [-0.1, -0.05) is 17.7 Å². The topological polar surface area (TPSA) is 101 Å². The first-order valence-electron chi connectivity index (χ1n) is 10.6. The standard InChI is InChI=1S/C25H22ClN3O5/c1-13-9-18(30)16(11-17(13)26)22-21-23(28-27-22)25(31)29(12-15-5-4-8-34-15)24(21)14-6-7-19(32-2)20(10-14)33-3/h4-11,24,30H,12H2,1-3H3,(H,27,28). The normalized spacial score (nSPS) is 15.0. The second-order valence-electron chi connectivity index (χ2n) is 8.01. The highest BCUT2D eigenvalue weighted by Gasteiger charge is 2.43. The summed E-state index contributed by atoms with van der Waals surface area (Å²) in [5.41, 5.74) is 3.39. The Balaban J connectivity index is 1.70. The van der Waals surface area contributed by atoms with E-state index in [2.05, 4.69) is 10.2 Å². The van der Waals surface area contributed by atoms with E-state index in [9.17, 15) is 9.90 Å². The van der Waals surface area contributed by atoms with E-state index in [1.54, 1.807) is 49.6 Å². The van der Waals surface area contributed by atoms with Gasteiger partial charge in [0.05, 0.1) is 33.1 Å². The Labute approximate surface area is 200 Å². The number of benzene rings is 2. The largest absolute Gasteiger partial charge is 0.507 e. The Kier molecular flexibility index (Phi) is 5.45. The van der Waals surface area contributed by atoms with Gasteiger partial charge in [0, 0.05) is 16.1 Å². The number of furan rings is 1. The number of carbonyl (C=O) groups is 1. The van der Waals surface area contributed by atoms with Crippen LogP contribution in [0.4, 0.5) is 0 Å². The Morgan fingerprint density at radius 2 is 1.97 bits per heavy atom. The molecule has 1 unspecified atom stereocenters. The van der Waals surface area contributed by atoms with Gasteiger partial charge < -0.3 is 23.9 Å². The van der Waals surface area contributed by atoms with E-state index in [1.165, 1.54) is 0 Å². The number of hydrogen-bond donors (Lipinski definition) is 2. The number of amides is 1. The summed E-state index contributed by atoms with van der Waals surface area (Å²) in [7, 11) is 3.12. The van der Waals surface area contributed by atoms with Crippen LogP contribution in [0.1, 0.15) is 39.0 Å². The van der Waals surface area contributed by atoms with Gasteiger partial charge in [0.1, 0.15) is 22.9 Å². The minimum Gasteiger partial charge on any atom is -0.507 e. The van der Waals surface area contributed by atoms with Crippen molar-refractivity contribution in [1.82, 2.24) is 15.1 Å². The number of methoxy groups -OCH3 is 2. The first-order chi connectivity index (χ1) is 16.4. The summed E-state index contributed by atoms with van der Waals surface area (Å²) in [5, 5.41) is 18.5. The average Bonchev–Trinajstić information content (AvgIpc) is 3.55. The molecule has 2 aromatic heterocycles. The second kappa shape index (κ2) is 8.46. The molecule has 0 saturated carbocycles. The molecule has 0 bridgehead atoms. The van der Waals surface area contributed by atoms with E-state index in [-0.39, 0.29) is 18.2 Å². The molecule has 174 valence electrons. The van der Waals surface area contributed by atoms with Crippen molar-refractivity contribution < 1.29 is 23.8 Å². The Bertz CT molecular complexity index is 1380. The van der Waals surface area contributed by atoms with Gasteiger partial charge in [-0.05, 0) is 54.4 Å². The second-order valence-corrected chi connectivity index (χ2v) is 8.42. The number of halogens is 1. The molecule has 1 atom stereocenters. The van der Waals surface area contributed by atoms with Gasteiger partial charge in [-0.3, -0.25) is 9.89 Å². The van der Waals surface area contributed by atoms with Crippen molar-refractivity contribution in [2.24, 2.45) is 0 Å². The molecule has 9 heteroatoms. The van der Waals surface area contributed by atoms with E-state index in [1.807, 2.05) is 25.1 Å².